The Morgan fingerprint density at radius 3 is 2.52 bits per heavy atom. The van der Waals surface area contributed by atoms with Crippen molar-refractivity contribution in [2.45, 2.75) is 13.0 Å². The van der Waals surface area contributed by atoms with Gasteiger partial charge in [0.2, 0.25) is 5.95 Å². The summed E-state index contributed by atoms with van der Waals surface area (Å²) >= 11 is 3.47. The molecular weight excluding hydrogens is 354 g/mol. The molecule has 5 nitrogen and oxygen atoms in total. The van der Waals surface area contributed by atoms with Crippen LogP contribution >= 0.6 is 15.9 Å². The van der Waals surface area contributed by atoms with Gasteiger partial charge in [-0.2, -0.15) is 4.68 Å². The van der Waals surface area contributed by atoms with Crippen molar-refractivity contribution >= 4 is 27.6 Å². The average Bonchev–Trinajstić information content (AvgIpc) is 3.04. The summed E-state index contributed by atoms with van der Waals surface area (Å²) in [5.41, 5.74) is 4.49. The van der Waals surface area contributed by atoms with E-state index >= 15 is 0 Å². The Hall–Kier alpha value is -2.47. The minimum absolute atomic E-state index is 0.0273. The predicted octanol–water partition coefficient (Wildman–Crippen LogP) is 3.80. The highest BCUT2D eigenvalue weighted by Gasteiger charge is 2.24. The molecule has 1 unspecified atom stereocenters. The number of nitrogens with one attached hydrogen (secondary N) is 1. The van der Waals surface area contributed by atoms with E-state index in [0.717, 1.165) is 21.3 Å². The SMILES string of the molecule is Cc1ccc(C2C=C(c3ccc(Br)cc3)Nc3nnnn32)cc1. The van der Waals surface area contributed by atoms with E-state index in [2.05, 4.69) is 86.2 Å². The fraction of sp³-hybridized carbons (Fsp3) is 0.118. The summed E-state index contributed by atoms with van der Waals surface area (Å²) in [6, 6.07) is 16.6. The lowest BCUT2D eigenvalue weighted by Gasteiger charge is -2.23. The van der Waals surface area contributed by atoms with Gasteiger partial charge < -0.3 is 5.32 Å². The van der Waals surface area contributed by atoms with Crippen molar-refractivity contribution in [3.63, 3.8) is 0 Å². The van der Waals surface area contributed by atoms with E-state index < -0.39 is 0 Å². The first-order chi connectivity index (χ1) is 11.2. The molecular formula is C17H14BrN5. The highest BCUT2D eigenvalue weighted by Crippen LogP contribution is 2.31. The Morgan fingerprint density at radius 1 is 1.04 bits per heavy atom. The van der Waals surface area contributed by atoms with E-state index in [9.17, 15) is 0 Å². The molecule has 1 aliphatic heterocycles. The van der Waals surface area contributed by atoms with E-state index in [-0.39, 0.29) is 6.04 Å². The zero-order chi connectivity index (χ0) is 15.8. The van der Waals surface area contributed by atoms with E-state index in [1.165, 1.54) is 5.56 Å². The van der Waals surface area contributed by atoms with Gasteiger partial charge in [0, 0.05) is 10.2 Å². The molecule has 0 fully saturated rings. The number of hydrogen-bond donors (Lipinski definition) is 1. The number of anilines is 1. The Bertz CT molecular complexity index is 865. The Labute approximate surface area is 142 Å². The smallest absolute Gasteiger partial charge is 0.248 e. The lowest BCUT2D eigenvalue weighted by Crippen LogP contribution is -2.20. The van der Waals surface area contributed by atoms with Gasteiger partial charge in [0.1, 0.15) is 6.04 Å². The summed E-state index contributed by atoms with van der Waals surface area (Å²) in [5, 5.41) is 15.3. The van der Waals surface area contributed by atoms with Gasteiger partial charge >= 0.3 is 0 Å². The molecule has 1 aromatic heterocycles. The van der Waals surface area contributed by atoms with Crippen LogP contribution in [0.3, 0.4) is 0 Å². The van der Waals surface area contributed by atoms with Crippen LogP contribution < -0.4 is 5.32 Å². The van der Waals surface area contributed by atoms with Gasteiger partial charge in [0.25, 0.3) is 0 Å². The first kappa shape index (κ1) is 14.1. The van der Waals surface area contributed by atoms with Crippen LogP contribution in [0.5, 0.6) is 0 Å². The van der Waals surface area contributed by atoms with Gasteiger partial charge in [-0.1, -0.05) is 63.0 Å². The third kappa shape index (κ3) is 2.66. The molecule has 0 bridgehead atoms. The van der Waals surface area contributed by atoms with Crippen molar-refractivity contribution in [1.29, 1.82) is 0 Å². The monoisotopic (exact) mass is 367 g/mol. The van der Waals surface area contributed by atoms with E-state index in [4.69, 9.17) is 0 Å². The zero-order valence-corrected chi connectivity index (χ0v) is 14.0. The number of aromatic nitrogens is 4. The van der Waals surface area contributed by atoms with Crippen molar-refractivity contribution in [3.8, 4) is 0 Å². The average molecular weight is 368 g/mol. The minimum atomic E-state index is -0.0273. The molecule has 0 saturated carbocycles. The van der Waals surface area contributed by atoms with Crippen LogP contribution in [0, 0.1) is 6.92 Å². The van der Waals surface area contributed by atoms with Gasteiger partial charge in [-0.25, -0.2) is 0 Å². The number of hydrogen-bond acceptors (Lipinski definition) is 4. The highest BCUT2D eigenvalue weighted by atomic mass is 79.9. The maximum Gasteiger partial charge on any atom is 0.248 e. The quantitative estimate of drug-likeness (QED) is 0.748. The van der Waals surface area contributed by atoms with Gasteiger partial charge in [-0.3, -0.25) is 0 Å². The molecule has 114 valence electrons. The number of benzene rings is 2. The second-order valence-corrected chi connectivity index (χ2v) is 6.43. The summed E-state index contributed by atoms with van der Waals surface area (Å²) in [6.45, 7) is 2.08. The Balaban J connectivity index is 1.79. The summed E-state index contributed by atoms with van der Waals surface area (Å²) in [7, 11) is 0. The van der Waals surface area contributed by atoms with Crippen LogP contribution in [0.15, 0.2) is 59.1 Å². The fourth-order valence-corrected chi connectivity index (χ4v) is 2.92. The van der Waals surface area contributed by atoms with Crippen molar-refractivity contribution in [1.82, 2.24) is 20.2 Å². The summed E-state index contributed by atoms with van der Waals surface area (Å²) in [4.78, 5) is 0. The van der Waals surface area contributed by atoms with Gasteiger partial charge in [0.15, 0.2) is 0 Å². The normalized spacial score (nSPS) is 16.4. The van der Waals surface area contributed by atoms with E-state index in [1.807, 2.05) is 12.1 Å². The second kappa shape index (κ2) is 5.62. The number of rotatable bonds is 2. The maximum atomic E-state index is 4.12. The predicted molar refractivity (Wildman–Crippen MR) is 92.9 cm³/mol. The van der Waals surface area contributed by atoms with Crippen LogP contribution in [0.2, 0.25) is 0 Å². The molecule has 1 aliphatic rings. The van der Waals surface area contributed by atoms with Crippen molar-refractivity contribution in [3.05, 3.63) is 75.8 Å². The topological polar surface area (TPSA) is 55.6 Å². The molecule has 4 rings (SSSR count). The van der Waals surface area contributed by atoms with E-state index in [1.54, 1.807) is 4.68 Å². The van der Waals surface area contributed by atoms with Crippen LogP contribution in [-0.2, 0) is 0 Å². The standard InChI is InChI=1S/C17H14BrN5/c1-11-2-4-13(5-3-11)16-10-15(12-6-8-14(18)9-7-12)19-17-20-21-22-23(16)17/h2-10,16H,1H3,(H,19,20,22). The Morgan fingerprint density at radius 2 is 1.78 bits per heavy atom. The second-order valence-electron chi connectivity index (χ2n) is 5.51. The number of fused-ring (bicyclic) bond motifs is 1. The third-order valence-electron chi connectivity index (χ3n) is 3.90. The fourth-order valence-electron chi connectivity index (χ4n) is 2.65. The summed E-state index contributed by atoms with van der Waals surface area (Å²) < 4.78 is 2.85. The largest absolute Gasteiger partial charge is 0.323 e. The van der Waals surface area contributed by atoms with E-state index in [0.29, 0.717) is 5.95 Å². The third-order valence-corrected chi connectivity index (χ3v) is 4.43. The summed E-state index contributed by atoms with van der Waals surface area (Å²) in [5.74, 6) is 0.649. The first-order valence-electron chi connectivity index (χ1n) is 7.30. The van der Waals surface area contributed by atoms with Crippen molar-refractivity contribution in [2.75, 3.05) is 5.32 Å². The molecule has 23 heavy (non-hydrogen) atoms. The number of tetrazole rings is 1. The molecule has 0 aliphatic carbocycles. The molecule has 0 amide bonds. The summed E-state index contributed by atoms with van der Waals surface area (Å²) in [6.07, 6.45) is 2.15. The number of allylic oxidation sites excluding steroid dienone is 1. The lowest BCUT2D eigenvalue weighted by molar-refractivity contribution is 0.586. The van der Waals surface area contributed by atoms with Crippen LogP contribution in [0.1, 0.15) is 22.7 Å². The Kier molecular flexibility index (Phi) is 3.46. The molecule has 2 aromatic carbocycles. The molecule has 6 heteroatoms. The van der Waals surface area contributed by atoms with Crippen molar-refractivity contribution < 1.29 is 0 Å². The number of halogens is 1. The highest BCUT2D eigenvalue weighted by molar-refractivity contribution is 9.10. The van der Waals surface area contributed by atoms with Gasteiger partial charge in [-0.15, -0.1) is 0 Å². The minimum Gasteiger partial charge on any atom is -0.323 e. The van der Waals surface area contributed by atoms with Crippen LogP contribution in [0.4, 0.5) is 5.95 Å². The lowest BCUT2D eigenvalue weighted by atomic mass is 10.0. The van der Waals surface area contributed by atoms with Gasteiger partial charge in [0.05, 0.1) is 0 Å². The molecule has 1 N–H and O–H groups in total. The molecule has 2 heterocycles. The van der Waals surface area contributed by atoms with Gasteiger partial charge in [-0.05, 0) is 46.7 Å². The maximum absolute atomic E-state index is 4.12. The number of aryl methyl sites for hydroxylation is 1. The van der Waals surface area contributed by atoms with Crippen LogP contribution in [0.25, 0.3) is 5.70 Å². The van der Waals surface area contributed by atoms with Crippen LogP contribution in [-0.4, -0.2) is 20.2 Å². The molecule has 0 spiro atoms. The number of nitrogens with zero attached hydrogens (tertiary/aromatic N) is 4. The molecule has 3 aromatic rings. The first-order valence-corrected chi connectivity index (χ1v) is 8.09. The van der Waals surface area contributed by atoms with Crippen molar-refractivity contribution in [2.24, 2.45) is 0 Å². The molecule has 0 saturated heterocycles. The zero-order valence-electron chi connectivity index (χ0n) is 12.4. The molecule has 0 radical (unpaired) electrons. The molecule has 1 atom stereocenters.